The molecule has 0 aromatic carbocycles. The third-order valence-corrected chi connectivity index (χ3v) is 2.95. The number of carbonyl (C=O) groups excluding carboxylic acids is 2. The van der Waals surface area contributed by atoms with E-state index < -0.39 is 6.04 Å². The van der Waals surface area contributed by atoms with Crippen LogP contribution in [0, 0.1) is 5.41 Å². The highest BCUT2D eigenvalue weighted by atomic mass is 79.9. The average molecular weight is 303 g/mol. The van der Waals surface area contributed by atoms with Crippen LogP contribution in [0.15, 0.2) is 11.1 Å². The molecule has 5 heteroatoms. The first-order chi connectivity index (χ1) is 7.71. The third-order valence-electron chi connectivity index (χ3n) is 2.70. The highest BCUT2D eigenvalue weighted by Crippen LogP contribution is 2.23. The monoisotopic (exact) mass is 302 g/mol. The van der Waals surface area contributed by atoms with Crippen molar-refractivity contribution in [3.05, 3.63) is 11.1 Å². The predicted molar refractivity (Wildman–Crippen MR) is 70.6 cm³/mol. The van der Waals surface area contributed by atoms with Crippen LogP contribution in [0.4, 0.5) is 0 Å². The van der Waals surface area contributed by atoms with Gasteiger partial charge in [0.15, 0.2) is 0 Å². The number of carbonyl (C=O) groups is 2. The zero-order chi connectivity index (χ0) is 13.2. The Labute approximate surface area is 111 Å². The van der Waals surface area contributed by atoms with Gasteiger partial charge in [-0.15, -0.1) is 0 Å². The Kier molecular flexibility index (Phi) is 4.36. The van der Waals surface area contributed by atoms with Crippen LogP contribution in [0.2, 0.25) is 0 Å². The molecule has 4 nitrogen and oxygen atoms in total. The van der Waals surface area contributed by atoms with Gasteiger partial charge in [0.2, 0.25) is 11.8 Å². The van der Waals surface area contributed by atoms with E-state index >= 15 is 0 Å². The Bertz CT molecular complexity index is 347. The number of amides is 2. The van der Waals surface area contributed by atoms with Crippen molar-refractivity contribution in [2.45, 2.75) is 33.2 Å². The lowest BCUT2D eigenvalue weighted by molar-refractivity contribution is -0.135. The van der Waals surface area contributed by atoms with E-state index in [4.69, 9.17) is 0 Å². The van der Waals surface area contributed by atoms with Crippen molar-refractivity contribution < 1.29 is 9.59 Å². The number of nitrogens with zero attached hydrogens (tertiary/aromatic N) is 1. The quantitative estimate of drug-likeness (QED) is 0.843. The Balaban J connectivity index is 2.93. The molecule has 1 atom stereocenters. The van der Waals surface area contributed by atoms with Crippen molar-refractivity contribution in [3.8, 4) is 0 Å². The Morgan fingerprint density at radius 2 is 2.12 bits per heavy atom. The molecular formula is C12H19BrN2O2. The fourth-order valence-electron chi connectivity index (χ4n) is 1.78. The SMILES string of the molecule is C=C(Br)CN1CCC(=O)NC(C(C)(C)C)C1=O. The zero-order valence-electron chi connectivity index (χ0n) is 10.5. The van der Waals surface area contributed by atoms with Crippen molar-refractivity contribution in [1.82, 2.24) is 10.2 Å². The molecule has 0 saturated carbocycles. The molecule has 0 radical (unpaired) electrons. The van der Waals surface area contributed by atoms with E-state index in [9.17, 15) is 9.59 Å². The lowest BCUT2D eigenvalue weighted by Crippen LogP contribution is -2.52. The molecule has 0 aromatic heterocycles. The Morgan fingerprint density at radius 3 is 2.59 bits per heavy atom. The molecule has 1 rings (SSSR count). The predicted octanol–water partition coefficient (Wildman–Crippen LogP) is 1.66. The van der Waals surface area contributed by atoms with Crippen molar-refractivity contribution in [1.29, 1.82) is 0 Å². The highest BCUT2D eigenvalue weighted by Gasteiger charge is 2.37. The largest absolute Gasteiger partial charge is 0.344 e. The van der Waals surface area contributed by atoms with Gasteiger partial charge in [0, 0.05) is 17.4 Å². The first-order valence-electron chi connectivity index (χ1n) is 5.63. The van der Waals surface area contributed by atoms with Gasteiger partial charge in [-0.1, -0.05) is 43.3 Å². The molecule has 0 bridgehead atoms. The Morgan fingerprint density at radius 1 is 1.53 bits per heavy atom. The molecule has 1 aliphatic heterocycles. The minimum absolute atomic E-state index is 0.0380. The van der Waals surface area contributed by atoms with Crippen molar-refractivity contribution >= 4 is 27.7 Å². The van der Waals surface area contributed by atoms with E-state index in [1.54, 1.807) is 4.90 Å². The summed E-state index contributed by atoms with van der Waals surface area (Å²) < 4.78 is 0.743. The molecule has 0 aromatic rings. The highest BCUT2D eigenvalue weighted by molar-refractivity contribution is 9.11. The standard InChI is InChI=1S/C12H19BrN2O2/c1-8(13)7-15-6-5-9(16)14-10(11(15)17)12(2,3)4/h10H,1,5-7H2,2-4H3,(H,14,16). The maximum Gasteiger partial charge on any atom is 0.246 e. The molecule has 96 valence electrons. The zero-order valence-corrected chi connectivity index (χ0v) is 12.1. The van der Waals surface area contributed by atoms with E-state index in [1.165, 1.54) is 0 Å². The normalized spacial score (nSPS) is 22.1. The van der Waals surface area contributed by atoms with Crippen molar-refractivity contribution in [2.24, 2.45) is 5.41 Å². The second-order valence-electron chi connectivity index (χ2n) is 5.39. The summed E-state index contributed by atoms with van der Waals surface area (Å²) in [6.45, 7) is 10.5. The molecule has 17 heavy (non-hydrogen) atoms. The summed E-state index contributed by atoms with van der Waals surface area (Å²) in [6, 6.07) is -0.468. The molecule has 2 amide bonds. The molecule has 0 aliphatic carbocycles. The maximum absolute atomic E-state index is 12.3. The van der Waals surface area contributed by atoms with Crippen LogP contribution in [0.1, 0.15) is 27.2 Å². The van der Waals surface area contributed by atoms with E-state index in [-0.39, 0.29) is 17.2 Å². The molecule has 1 heterocycles. The topological polar surface area (TPSA) is 49.4 Å². The summed E-state index contributed by atoms with van der Waals surface area (Å²) in [5.74, 6) is -0.107. The molecular weight excluding hydrogens is 284 g/mol. The fraction of sp³-hybridized carbons (Fsp3) is 0.667. The number of halogens is 1. The lowest BCUT2D eigenvalue weighted by atomic mass is 9.86. The second-order valence-corrected chi connectivity index (χ2v) is 6.52. The van der Waals surface area contributed by atoms with Gasteiger partial charge in [0.1, 0.15) is 6.04 Å². The van der Waals surface area contributed by atoms with E-state index in [0.717, 1.165) is 4.48 Å². The van der Waals surface area contributed by atoms with Crippen LogP contribution in [0.5, 0.6) is 0 Å². The average Bonchev–Trinajstić information content (AvgIpc) is 2.29. The van der Waals surface area contributed by atoms with Crippen LogP contribution in [-0.4, -0.2) is 35.8 Å². The Hall–Kier alpha value is -0.840. The van der Waals surface area contributed by atoms with E-state index in [1.807, 2.05) is 20.8 Å². The van der Waals surface area contributed by atoms with Gasteiger partial charge in [0.05, 0.1) is 6.54 Å². The first kappa shape index (κ1) is 14.2. The number of rotatable bonds is 2. The molecule has 0 spiro atoms. The van der Waals surface area contributed by atoms with Crippen LogP contribution in [0.3, 0.4) is 0 Å². The van der Waals surface area contributed by atoms with Crippen LogP contribution in [-0.2, 0) is 9.59 Å². The van der Waals surface area contributed by atoms with Crippen LogP contribution >= 0.6 is 15.9 Å². The van der Waals surface area contributed by atoms with E-state index in [0.29, 0.717) is 19.5 Å². The number of nitrogens with one attached hydrogen (secondary N) is 1. The van der Waals surface area contributed by atoms with Crippen molar-refractivity contribution in [3.63, 3.8) is 0 Å². The summed E-state index contributed by atoms with van der Waals surface area (Å²) in [5.41, 5.74) is -0.289. The van der Waals surface area contributed by atoms with Gasteiger partial charge in [-0.25, -0.2) is 0 Å². The molecule has 1 fully saturated rings. The first-order valence-corrected chi connectivity index (χ1v) is 6.42. The van der Waals surface area contributed by atoms with Gasteiger partial charge >= 0.3 is 0 Å². The summed E-state index contributed by atoms with van der Waals surface area (Å²) in [7, 11) is 0. The minimum Gasteiger partial charge on any atom is -0.344 e. The summed E-state index contributed by atoms with van der Waals surface area (Å²) in [6.07, 6.45) is 0.346. The maximum atomic E-state index is 12.3. The fourth-order valence-corrected chi connectivity index (χ4v) is 2.08. The van der Waals surface area contributed by atoms with Gasteiger partial charge in [-0.05, 0) is 5.41 Å². The van der Waals surface area contributed by atoms with E-state index in [2.05, 4.69) is 27.8 Å². The molecule has 1 saturated heterocycles. The lowest BCUT2D eigenvalue weighted by Gasteiger charge is -2.32. The number of hydrogen-bond donors (Lipinski definition) is 1. The van der Waals surface area contributed by atoms with Gasteiger partial charge in [0.25, 0.3) is 0 Å². The molecule has 1 unspecified atom stereocenters. The smallest absolute Gasteiger partial charge is 0.246 e. The molecule has 1 aliphatic rings. The molecule has 1 N–H and O–H groups in total. The van der Waals surface area contributed by atoms with Gasteiger partial charge in [-0.2, -0.15) is 0 Å². The van der Waals surface area contributed by atoms with Crippen LogP contribution in [0.25, 0.3) is 0 Å². The third kappa shape index (κ3) is 3.84. The van der Waals surface area contributed by atoms with Gasteiger partial charge < -0.3 is 10.2 Å². The summed E-state index contributed by atoms with van der Waals surface area (Å²) >= 11 is 3.25. The summed E-state index contributed by atoms with van der Waals surface area (Å²) in [4.78, 5) is 25.6. The summed E-state index contributed by atoms with van der Waals surface area (Å²) in [5, 5.41) is 2.80. The van der Waals surface area contributed by atoms with Gasteiger partial charge in [-0.3, -0.25) is 9.59 Å². The number of hydrogen-bond acceptors (Lipinski definition) is 2. The minimum atomic E-state index is -0.468. The van der Waals surface area contributed by atoms with Crippen molar-refractivity contribution in [2.75, 3.05) is 13.1 Å². The van der Waals surface area contributed by atoms with Crippen LogP contribution < -0.4 is 5.32 Å². The second kappa shape index (κ2) is 5.21.